The van der Waals surface area contributed by atoms with Crippen molar-refractivity contribution in [2.45, 2.75) is 26.1 Å². The molecule has 1 aliphatic heterocycles. The summed E-state index contributed by atoms with van der Waals surface area (Å²) in [6, 6.07) is 4.09. The van der Waals surface area contributed by atoms with E-state index in [9.17, 15) is 0 Å². The molecule has 1 fully saturated rings. The average molecular weight is 249 g/mol. The zero-order valence-corrected chi connectivity index (χ0v) is 10.8. The fourth-order valence-electron chi connectivity index (χ4n) is 2.28. The highest BCUT2D eigenvalue weighted by Crippen LogP contribution is 2.22. The molecule has 4 nitrogen and oxygen atoms in total. The van der Waals surface area contributed by atoms with Gasteiger partial charge in [-0.25, -0.2) is 9.97 Å². The second-order valence-electron chi connectivity index (χ2n) is 4.51. The smallest absolute Gasteiger partial charge is 0.145 e. The van der Waals surface area contributed by atoms with E-state index in [1.807, 2.05) is 17.6 Å². The molecule has 2 aromatic rings. The molecular formula is C12H15N3OS. The molecule has 0 spiro atoms. The van der Waals surface area contributed by atoms with Gasteiger partial charge in [0.05, 0.1) is 17.7 Å². The Hall–Kier alpha value is -1.20. The highest BCUT2D eigenvalue weighted by molar-refractivity contribution is 7.16. The summed E-state index contributed by atoms with van der Waals surface area (Å²) in [7, 11) is 0. The summed E-state index contributed by atoms with van der Waals surface area (Å²) in [5, 5.41) is 0. The van der Waals surface area contributed by atoms with Crippen LogP contribution in [-0.2, 0) is 4.74 Å². The normalized spacial score (nSPS) is 25.4. The fourth-order valence-corrected chi connectivity index (χ4v) is 2.94. The second kappa shape index (κ2) is 4.23. The van der Waals surface area contributed by atoms with Crippen LogP contribution in [0.25, 0.3) is 10.3 Å². The number of rotatable bonds is 1. The summed E-state index contributed by atoms with van der Waals surface area (Å²) < 4.78 is 5.73. The van der Waals surface area contributed by atoms with Crippen LogP contribution in [0.4, 0.5) is 5.82 Å². The van der Waals surface area contributed by atoms with Gasteiger partial charge in [-0.05, 0) is 26.0 Å². The van der Waals surface area contributed by atoms with E-state index in [-0.39, 0.29) is 12.2 Å². The Kier molecular flexibility index (Phi) is 2.72. The average Bonchev–Trinajstić information content (AvgIpc) is 2.74. The molecule has 2 atom stereocenters. The van der Waals surface area contributed by atoms with E-state index >= 15 is 0 Å². The first-order valence-corrected chi connectivity index (χ1v) is 6.71. The van der Waals surface area contributed by atoms with Crippen LogP contribution < -0.4 is 4.90 Å². The zero-order valence-electron chi connectivity index (χ0n) is 9.96. The Morgan fingerprint density at radius 1 is 1.29 bits per heavy atom. The number of hydrogen-bond donors (Lipinski definition) is 0. The Morgan fingerprint density at radius 3 is 2.82 bits per heavy atom. The summed E-state index contributed by atoms with van der Waals surface area (Å²) in [6.07, 6.45) is 0.524. The third-order valence-electron chi connectivity index (χ3n) is 2.93. The molecule has 0 aromatic carbocycles. The largest absolute Gasteiger partial charge is 0.372 e. The Labute approximate surface area is 104 Å². The van der Waals surface area contributed by atoms with Gasteiger partial charge in [0.25, 0.3) is 0 Å². The number of pyridine rings is 1. The van der Waals surface area contributed by atoms with Crippen LogP contribution in [0.2, 0.25) is 0 Å². The first kappa shape index (κ1) is 10.9. The van der Waals surface area contributed by atoms with Gasteiger partial charge in [-0.1, -0.05) is 0 Å². The molecule has 2 unspecified atom stereocenters. The van der Waals surface area contributed by atoms with Gasteiger partial charge in [0.1, 0.15) is 16.2 Å². The second-order valence-corrected chi connectivity index (χ2v) is 5.34. The molecule has 0 N–H and O–H groups in total. The van der Waals surface area contributed by atoms with E-state index < -0.39 is 0 Å². The fraction of sp³-hybridized carbons (Fsp3) is 0.500. The van der Waals surface area contributed by atoms with Crippen molar-refractivity contribution >= 4 is 27.5 Å². The minimum Gasteiger partial charge on any atom is -0.372 e. The maximum Gasteiger partial charge on any atom is 0.145 e. The number of thiazole rings is 1. The minimum absolute atomic E-state index is 0.262. The molecule has 2 aromatic heterocycles. The number of fused-ring (bicyclic) bond motifs is 1. The summed E-state index contributed by atoms with van der Waals surface area (Å²) in [6.45, 7) is 6.02. The Bertz CT molecular complexity index is 517. The van der Waals surface area contributed by atoms with Crippen molar-refractivity contribution in [1.82, 2.24) is 9.97 Å². The molecule has 3 rings (SSSR count). The van der Waals surface area contributed by atoms with Gasteiger partial charge < -0.3 is 9.64 Å². The molecule has 17 heavy (non-hydrogen) atoms. The first-order valence-electron chi connectivity index (χ1n) is 5.83. The standard InChI is InChI=1S/C12H15N3OS/c1-8-5-15(6-9(2)16-8)11-4-3-10-12(14-11)17-7-13-10/h3-4,7-9H,5-6H2,1-2H3. The zero-order chi connectivity index (χ0) is 11.8. The van der Waals surface area contributed by atoms with Gasteiger partial charge in [0, 0.05) is 13.1 Å². The van der Waals surface area contributed by atoms with Gasteiger partial charge in [-0.2, -0.15) is 0 Å². The molecule has 0 bridgehead atoms. The molecule has 0 aliphatic carbocycles. The summed E-state index contributed by atoms with van der Waals surface area (Å²) in [5.74, 6) is 1.03. The molecule has 3 heterocycles. The van der Waals surface area contributed by atoms with E-state index in [1.54, 1.807) is 11.3 Å². The lowest BCUT2D eigenvalue weighted by Gasteiger charge is -2.36. The minimum atomic E-state index is 0.262. The van der Waals surface area contributed by atoms with Crippen LogP contribution in [0, 0.1) is 0 Å². The van der Waals surface area contributed by atoms with E-state index in [4.69, 9.17) is 4.74 Å². The highest BCUT2D eigenvalue weighted by atomic mass is 32.1. The summed E-state index contributed by atoms with van der Waals surface area (Å²) >= 11 is 1.59. The number of aromatic nitrogens is 2. The lowest BCUT2D eigenvalue weighted by Crippen LogP contribution is -2.45. The van der Waals surface area contributed by atoms with Gasteiger partial charge in [0.2, 0.25) is 0 Å². The predicted octanol–water partition coefficient (Wildman–Crippen LogP) is 2.30. The molecular weight excluding hydrogens is 234 g/mol. The van der Waals surface area contributed by atoms with E-state index in [1.165, 1.54) is 0 Å². The SMILES string of the molecule is CC1CN(c2ccc3ncsc3n2)CC(C)O1. The molecule has 0 saturated carbocycles. The molecule has 1 saturated heterocycles. The number of anilines is 1. The number of ether oxygens (including phenoxy) is 1. The quantitative estimate of drug-likeness (QED) is 0.777. The molecule has 0 amide bonds. The molecule has 90 valence electrons. The Balaban J connectivity index is 1.91. The lowest BCUT2D eigenvalue weighted by atomic mass is 10.2. The van der Waals surface area contributed by atoms with Crippen molar-refractivity contribution in [3.8, 4) is 0 Å². The van der Waals surface area contributed by atoms with Crippen molar-refractivity contribution in [3.05, 3.63) is 17.6 Å². The van der Waals surface area contributed by atoms with Crippen LogP contribution >= 0.6 is 11.3 Å². The van der Waals surface area contributed by atoms with E-state index in [2.05, 4.69) is 28.7 Å². The van der Waals surface area contributed by atoms with E-state index in [0.717, 1.165) is 29.3 Å². The topological polar surface area (TPSA) is 38.2 Å². The van der Waals surface area contributed by atoms with Crippen LogP contribution in [-0.4, -0.2) is 35.3 Å². The Morgan fingerprint density at radius 2 is 2.06 bits per heavy atom. The van der Waals surface area contributed by atoms with Crippen molar-refractivity contribution in [1.29, 1.82) is 0 Å². The van der Waals surface area contributed by atoms with Crippen LogP contribution in [0.3, 0.4) is 0 Å². The number of morpholine rings is 1. The van der Waals surface area contributed by atoms with Crippen molar-refractivity contribution in [2.24, 2.45) is 0 Å². The maximum atomic E-state index is 5.73. The number of hydrogen-bond acceptors (Lipinski definition) is 5. The van der Waals surface area contributed by atoms with Crippen LogP contribution in [0.5, 0.6) is 0 Å². The van der Waals surface area contributed by atoms with E-state index in [0.29, 0.717) is 0 Å². The van der Waals surface area contributed by atoms with Crippen molar-refractivity contribution in [2.75, 3.05) is 18.0 Å². The summed E-state index contributed by atoms with van der Waals surface area (Å²) in [5.41, 5.74) is 2.82. The van der Waals surface area contributed by atoms with Gasteiger partial charge >= 0.3 is 0 Å². The van der Waals surface area contributed by atoms with Gasteiger partial charge in [0.15, 0.2) is 0 Å². The number of nitrogens with zero attached hydrogens (tertiary/aromatic N) is 3. The monoisotopic (exact) mass is 249 g/mol. The highest BCUT2D eigenvalue weighted by Gasteiger charge is 2.23. The van der Waals surface area contributed by atoms with Crippen molar-refractivity contribution < 1.29 is 4.74 Å². The van der Waals surface area contributed by atoms with Crippen LogP contribution in [0.15, 0.2) is 17.6 Å². The summed E-state index contributed by atoms with van der Waals surface area (Å²) in [4.78, 5) is 12.2. The third kappa shape index (κ3) is 2.12. The first-order chi connectivity index (χ1) is 8.22. The lowest BCUT2D eigenvalue weighted by molar-refractivity contribution is -0.00543. The van der Waals surface area contributed by atoms with Crippen molar-refractivity contribution in [3.63, 3.8) is 0 Å². The predicted molar refractivity (Wildman–Crippen MR) is 69.6 cm³/mol. The van der Waals surface area contributed by atoms with Crippen LogP contribution in [0.1, 0.15) is 13.8 Å². The molecule has 5 heteroatoms. The maximum absolute atomic E-state index is 5.73. The van der Waals surface area contributed by atoms with Gasteiger partial charge in [-0.15, -0.1) is 11.3 Å². The van der Waals surface area contributed by atoms with Gasteiger partial charge in [-0.3, -0.25) is 0 Å². The molecule has 1 aliphatic rings. The molecule has 0 radical (unpaired) electrons. The third-order valence-corrected chi connectivity index (χ3v) is 3.66.